The summed E-state index contributed by atoms with van der Waals surface area (Å²) < 4.78 is 0. The van der Waals surface area contributed by atoms with Crippen molar-refractivity contribution in [2.24, 2.45) is 17.6 Å². The zero-order valence-electron chi connectivity index (χ0n) is 12.6. The van der Waals surface area contributed by atoms with Crippen LogP contribution in [0.15, 0.2) is 18.2 Å². The van der Waals surface area contributed by atoms with Crippen molar-refractivity contribution in [2.45, 2.75) is 45.2 Å². The molecular weight excluding hydrogens is 264 g/mol. The van der Waals surface area contributed by atoms with Crippen molar-refractivity contribution in [3.8, 4) is 5.75 Å². The average Bonchev–Trinajstić information content (AvgIpc) is 2.76. The highest BCUT2D eigenvalue weighted by Gasteiger charge is 2.31. The van der Waals surface area contributed by atoms with Gasteiger partial charge in [0.2, 0.25) is 0 Å². The molecule has 1 aliphatic heterocycles. The van der Waals surface area contributed by atoms with E-state index in [1.54, 1.807) is 12.1 Å². The first kappa shape index (κ1) is 14.4. The summed E-state index contributed by atoms with van der Waals surface area (Å²) in [5.74, 6) is 1.47. The number of amides is 1. The van der Waals surface area contributed by atoms with E-state index in [4.69, 9.17) is 5.73 Å². The Labute approximate surface area is 125 Å². The SMILES string of the molecule is CC(N)[C@H]1CC[C@H](CN2Cc3ccc(O)cc3C2=O)CC1. The van der Waals surface area contributed by atoms with E-state index < -0.39 is 0 Å². The van der Waals surface area contributed by atoms with Gasteiger partial charge in [0, 0.05) is 24.7 Å². The molecule has 0 saturated heterocycles. The lowest BCUT2D eigenvalue weighted by Gasteiger charge is -2.32. The molecule has 3 rings (SSSR count). The number of nitrogens with zero attached hydrogens (tertiary/aromatic N) is 1. The van der Waals surface area contributed by atoms with Crippen molar-refractivity contribution >= 4 is 5.91 Å². The van der Waals surface area contributed by atoms with Gasteiger partial charge in [-0.15, -0.1) is 0 Å². The van der Waals surface area contributed by atoms with Crippen molar-refractivity contribution in [1.82, 2.24) is 4.90 Å². The molecule has 1 unspecified atom stereocenters. The zero-order valence-corrected chi connectivity index (χ0v) is 12.6. The molecule has 3 N–H and O–H groups in total. The number of phenolic OH excluding ortho intramolecular Hbond substituents is 1. The molecule has 1 aromatic rings. The maximum absolute atomic E-state index is 12.4. The van der Waals surface area contributed by atoms with E-state index in [1.165, 1.54) is 12.8 Å². The third kappa shape index (κ3) is 2.91. The van der Waals surface area contributed by atoms with Crippen LogP contribution in [0.25, 0.3) is 0 Å². The maximum Gasteiger partial charge on any atom is 0.254 e. The minimum Gasteiger partial charge on any atom is -0.508 e. The Morgan fingerprint density at radius 2 is 2.05 bits per heavy atom. The first-order valence-electron chi connectivity index (χ1n) is 7.91. The second-order valence-corrected chi connectivity index (χ2v) is 6.67. The summed E-state index contributed by atoms with van der Waals surface area (Å²) in [6, 6.07) is 5.38. The second-order valence-electron chi connectivity index (χ2n) is 6.67. The van der Waals surface area contributed by atoms with Gasteiger partial charge in [-0.2, -0.15) is 0 Å². The standard InChI is InChI=1S/C17H24N2O2/c1-11(18)13-4-2-12(3-5-13)9-19-10-14-6-7-15(20)8-16(14)17(19)21/h6-8,11-13,20H,2-5,9-10,18H2,1H3/t11?,12-,13-. The number of aromatic hydroxyl groups is 1. The Morgan fingerprint density at radius 3 is 2.71 bits per heavy atom. The highest BCUT2D eigenvalue weighted by Crippen LogP contribution is 2.33. The van der Waals surface area contributed by atoms with E-state index in [1.807, 2.05) is 11.0 Å². The number of hydrogen-bond donors (Lipinski definition) is 2. The van der Waals surface area contributed by atoms with Gasteiger partial charge in [0.25, 0.3) is 5.91 Å². The van der Waals surface area contributed by atoms with Crippen LogP contribution < -0.4 is 5.73 Å². The summed E-state index contributed by atoms with van der Waals surface area (Å²) >= 11 is 0. The predicted molar refractivity (Wildman–Crippen MR) is 81.9 cm³/mol. The van der Waals surface area contributed by atoms with Crippen LogP contribution in [0, 0.1) is 11.8 Å². The largest absolute Gasteiger partial charge is 0.508 e. The first-order valence-corrected chi connectivity index (χ1v) is 7.91. The Bertz CT molecular complexity index is 534. The highest BCUT2D eigenvalue weighted by molar-refractivity contribution is 5.98. The lowest BCUT2D eigenvalue weighted by Crippen LogP contribution is -2.35. The van der Waals surface area contributed by atoms with Gasteiger partial charge in [-0.3, -0.25) is 4.79 Å². The number of benzene rings is 1. The number of carbonyl (C=O) groups excluding carboxylic acids is 1. The summed E-state index contributed by atoms with van der Waals surface area (Å²) in [6.45, 7) is 3.61. The smallest absolute Gasteiger partial charge is 0.254 e. The molecular formula is C17H24N2O2. The minimum atomic E-state index is 0.0650. The van der Waals surface area contributed by atoms with E-state index in [2.05, 4.69) is 6.92 Å². The number of nitrogens with two attached hydrogens (primary N) is 1. The molecule has 4 heteroatoms. The van der Waals surface area contributed by atoms with Gasteiger partial charge in [0.1, 0.15) is 5.75 Å². The van der Waals surface area contributed by atoms with Crippen LogP contribution >= 0.6 is 0 Å². The minimum absolute atomic E-state index is 0.0650. The summed E-state index contributed by atoms with van der Waals surface area (Å²) in [5, 5.41) is 9.52. The Morgan fingerprint density at radius 1 is 1.33 bits per heavy atom. The molecule has 1 amide bonds. The van der Waals surface area contributed by atoms with E-state index >= 15 is 0 Å². The van der Waals surface area contributed by atoms with E-state index in [9.17, 15) is 9.90 Å². The van der Waals surface area contributed by atoms with Crippen molar-refractivity contribution in [1.29, 1.82) is 0 Å². The zero-order chi connectivity index (χ0) is 15.0. The Kier molecular flexibility index (Phi) is 3.89. The number of phenols is 1. The van der Waals surface area contributed by atoms with Crippen molar-refractivity contribution in [2.75, 3.05) is 6.54 Å². The van der Waals surface area contributed by atoms with Gasteiger partial charge in [-0.1, -0.05) is 6.07 Å². The van der Waals surface area contributed by atoms with Gasteiger partial charge in [0.15, 0.2) is 0 Å². The number of fused-ring (bicyclic) bond motifs is 1. The van der Waals surface area contributed by atoms with E-state index in [0.29, 0.717) is 23.9 Å². The molecule has 1 fully saturated rings. The fourth-order valence-electron chi connectivity index (χ4n) is 3.70. The first-order chi connectivity index (χ1) is 10.0. The quantitative estimate of drug-likeness (QED) is 0.898. The van der Waals surface area contributed by atoms with Crippen molar-refractivity contribution in [3.05, 3.63) is 29.3 Å². The lowest BCUT2D eigenvalue weighted by atomic mass is 9.79. The molecule has 0 bridgehead atoms. The van der Waals surface area contributed by atoms with Gasteiger partial charge < -0.3 is 15.7 Å². The van der Waals surface area contributed by atoms with E-state index in [0.717, 1.165) is 24.9 Å². The van der Waals surface area contributed by atoms with Crippen LogP contribution in [0.3, 0.4) is 0 Å². The molecule has 1 heterocycles. The van der Waals surface area contributed by atoms with Crippen LogP contribution in [-0.2, 0) is 6.54 Å². The van der Waals surface area contributed by atoms with Crippen LogP contribution in [-0.4, -0.2) is 28.5 Å². The fraction of sp³-hybridized carbons (Fsp3) is 0.588. The third-order valence-electron chi connectivity index (χ3n) is 5.09. The normalized spacial score (nSPS) is 26.8. The lowest BCUT2D eigenvalue weighted by molar-refractivity contribution is 0.0727. The summed E-state index contributed by atoms with van der Waals surface area (Å²) in [6.07, 6.45) is 4.69. The highest BCUT2D eigenvalue weighted by atomic mass is 16.3. The summed E-state index contributed by atoms with van der Waals surface area (Å²) in [4.78, 5) is 14.3. The monoisotopic (exact) mass is 288 g/mol. The third-order valence-corrected chi connectivity index (χ3v) is 5.09. The predicted octanol–water partition coefficient (Wildman–Crippen LogP) is 2.50. The molecule has 21 heavy (non-hydrogen) atoms. The summed E-state index contributed by atoms with van der Waals surface area (Å²) in [7, 11) is 0. The van der Waals surface area contributed by atoms with Gasteiger partial charge >= 0.3 is 0 Å². The van der Waals surface area contributed by atoms with Crippen LogP contribution in [0.2, 0.25) is 0 Å². The molecule has 1 saturated carbocycles. The molecule has 1 aliphatic carbocycles. The van der Waals surface area contributed by atoms with Crippen molar-refractivity contribution in [3.63, 3.8) is 0 Å². The molecule has 0 spiro atoms. The average molecular weight is 288 g/mol. The molecule has 2 aliphatic rings. The van der Waals surface area contributed by atoms with E-state index in [-0.39, 0.29) is 17.7 Å². The van der Waals surface area contributed by atoms with Crippen LogP contribution in [0.1, 0.15) is 48.5 Å². The molecule has 0 aromatic heterocycles. The molecule has 4 nitrogen and oxygen atoms in total. The van der Waals surface area contributed by atoms with Crippen molar-refractivity contribution < 1.29 is 9.90 Å². The Balaban J connectivity index is 1.60. The summed E-state index contributed by atoms with van der Waals surface area (Å²) in [5.41, 5.74) is 7.68. The van der Waals surface area contributed by atoms with Crippen LogP contribution in [0.4, 0.5) is 0 Å². The molecule has 114 valence electrons. The topological polar surface area (TPSA) is 66.6 Å². The van der Waals surface area contributed by atoms with Gasteiger partial charge in [0.05, 0.1) is 0 Å². The number of rotatable bonds is 3. The Hall–Kier alpha value is -1.55. The van der Waals surface area contributed by atoms with Crippen LogP contribution in [0.5, 0.6) is 5.75 Å². The number of carbonyl (C=O) groups is 1. The second kappa shape index (κ2) is 5.68. The molecule has 0 radical (unpaired) electrons. The number of hydrogen-bond acceptors (Lipinski definition) is 3. The molecule has 1 aromatic carbocycles. The molecule has 1 atom stereocenters. The maximum atomic E-state index is 12.4. The van der Waals surface area contributed by atoms with Gasteiger partial charge in [-0.25, -0.2) is 0 Å². The van der Waals surface area contributed by atoms with Gasteiger partial charge in [-0.05, 0) is 62.1 Å². The fourth-order valence-corrected chi connectivity index (χ4v) is 3.70.